The van der Waals surface area contributed by atoms with E-state index in [1.165, 1.54) is 13.2 Å². The van der Waals surface area contributed by atoms with Gasteiger partial charge in [-0.2, -0.15) is 5.26 Å². The molecular formula is C14H12N2O2. The van der Waals surface area contributed by atoms with Crippen molar-refractivity contribution in [2.45, 2.75) is 6.42 Å². The Morgan fingerprint density at radius 2 is 2.39 bits per heavy atom. The fraction of sp³-hybridized carbons (Fsp3) is 0.143. The molecule has 2 rings (SSSR count). The Balaban J connectivity index is 2.50. The number of carbonyl (C=O) groups is 1. The van der Waals surface area contributed by atoms with E-state index in [1.807, 2.05) is 24.4 Å². The van der Waals surface area contributed by atoms with Crippen molar-refractivity contribution in [1.29, 1.82) is 5.26 Å². The van der Waals surface area contributed by atoms with Crippen LogP contribution in [-0.4, -0.2) is 18.1 Å². The number of nitrogens with one attached hydrogen (secondary N) is 1. The average Bonchev–Trinajstić information content (AvgIpc) is 2.80. The number of esters is 1. The summed E-state index contributed by atoms with van der Waals surface area (Å²) in [5.74, 6) is -0.399. The van der Waals surface area contributed by atoms with Gasteiger partial charge in [0.05, 0.1) is 19.6 Å². The number of rotatable bonds is 3. The fourth-order valence-corrected chi connectivity index (χ4v) is 1.88. The molecule has 0 radical (unpaired) electrons. The van der Waals surface area contributed by atoms with Crippen LogP contribution in [0.15, 0.2) is 30.5 Å². The van der Waals surface area contributed by atoms with Crippen LogP contribution in [0.2, 0.25) is 0 Å². The molecule has 0 fully saturated rings. The summed E-state index contributed by atoms with van der Waals surface area (Å²) in [4.78, 5) is 14.2. The first kappa shape index (κ1) is 11.9. The molecule has 0 amide bonds. The summed E-state index contributed by atoms with van der Waals surface area (Å²) >= 11 is 0. The molecule has 0 aliphatic rings. The molecule has 0 aliphatic heterocycles. The first-order valence-corrected chi connectivity index (χ1v) is 5.48. The van der Waals surface area contributed by atoms with E-state index in [2.05, 4.69) is 15.8 Å². The van der Waals surface area contributed by atoms with Crippen LogP contribution in [0.3, 0.4) is 0 Å². The third kappa shape index (κ3) is 2.25. The van der Waals surface area contributed by atoms with Crippen LogP contribution in [0.1, 0.15) is 11.1 Å². The molecule has 0 saturated heterocycles. The van der Waals surface area contributed by atoms with Crippen molar-refractivity contribution in [1.82, 2.24) is 4.98 Å². The van der Waals surface area contributed by atoms with E-state index >= 15 is 0 Å². The number of carbonyl (C=O) groups excluding carboxylic acids is 1. The molecule has 4 heteroatoms. The third-order valence-electron chi connectivity index (χ3n) is 2.69. The Labute approximate surface area is 104 Å². The zero-order valence-corrected chi connectivity index (χ0v) is 9.93. The summed E-state index contributed by atoms with van der Waals surface area (Å²) in [6, 6.07) is 7.86. The van der Waals surface area contributed by atoms with Crippen molar-refractivity contribution in [3.8, 4) is 6.07 Å². The number of nitriles is 1. The molecule has 0 bridgehead atoms. The molecule has 90 valence electrons. The lowest BCUT2D eigenvalue weighted by Crippen LogP contribution is -1.93. The van der Waals surface area contributed by atoms with Crippen LogP contribution < -0.4 is 0 Å². The zero-order valence-electron chi connectivity index (χ0n) is 9.93. The predicted molar refractivity (Wildman–Crippen MR) is 68.7 cm³/mol. The number of methoxy groups -OCH3 is 1. The largest absolute Gasteiger partial charge is 0.466 e. The highest BCUT2D eigenvalue weighted by Crippen LogP contribution is 2.24. The maximum absolute atomic E-state index is 11.1. The van der Waals surface area contributed by atoms with Crippen LogP contribution in [0, 0.1) is 11.3 Å². The monoisotopic (exact) mass is 240 g/mol. The smallest absolute Gasteiger partial charge is 0.330 e. The van der Waals surface area contributed by atoms with Crippen molar-refractivity contribution in [3.05, 3.63) is 41.6 Å². The van der Waals surface area contributed by atoms with E-state index in [0.717, 1.165) is 22.0 Å². The Morgan fingerprint density at radius 3 is 3.11 bits per heavy atom. The van der Waals surface area contributed by atoms with Gasteiger partial charge in [-0.25, -0.2) is 4.79 Å². The van der Waals surface area contributed by atoms with Gasteiger partial charge in [-0.15, -0.1) is 0 Å². The number of aromatic nitrogens is 1. The molecule has 18 heavy (non-hydrogen) atoms. The van der Waals surface area contributed by atoms with Gasteiger partial charge in [0.1, 0.15) is 0 Å². The Hall–Kier alpha value is -2.54. The number of H-pyrrole nitrogens is 1. The maximum Gasteiger partial charge on any atom is 0.330 e. The van der Waals surface area contributed by atoms with Crippen LogP contribution in [0.25, 0.3) is 17.0 Å². The Bertz CT molecular complexity index is 647. The Kier molecular flexibility index (Phi) is 3.44. The Morgan fingerprint density at radius 1 is 1.56 bits per heavy atom. The van der Waals surface area contributed by atoms with Gasteiger partial charge in [0.2, 0.25) is 0 Å². The van der Waals surface area contributed by atoms with Gasteiger partial charge < -0.3 is 9.72 Å². The van der Waals surface area contributed by atoms with Gasteiger partial charge in [0.25, 0.3) is 0 Å². The number of ether oxygens (including phenoxy) is 1. The number of hydrogen-bond acceptors (Lipinski definition) is 3. The maximum atomic E-state index is 11.1. The van der Waals surface area contributed by atoms with E-state index in [9.17, 15) is 4.79 Å². The first-order valence-electron chi connectivity index (χ1n) is 5.48. The molecule has 1 aromatic carbocycles. The lowest BCUT2D eigenvalue weighted by Gasteiger charge is -1.99. The normalized spacial score (nSPS) is 10.7. The number of nitrogens with zero attached hydrogens (tertiary/aromatic N) is 1. The number of aromatic amines is 1. The van der Waals surface area contributed by atoms with Gasteiger partial charge in [-0.1, -0.05) is 12.1 Å². The second-order valence-electron chi connectivity index (χ2n) is 3.78. The fourth-order valence-electron chi connectivity index (χ4n) is 1.88. The molecule has 2 aromatic rings. The molecule has 1 N–H and O–H groups in total. The summed E-state index contributed by atoms with van der Waals surface area (Å²) in [5, 5.41) is 9.76. The van der Waals surface area contributed by atoms with E-state index in [1.54, 1.807) is 6.08 Å². The quantitative estimate of drug-likeness (QED) is 0.661. The minimum Gasteiger partial charge on any atom is -0.466 e. The molecule has 1 aromatic heterocycles. The second kappa shape index (κ2) is 5.19. The summed E-state index contributed by atoms with van der Waals surface area (Å²) in [7, 11) is 1.34. The summed E-state index contributed by atoms with van der Waals surface area (Å²) in [6.45, 7) is 0. The lowest BCUT2D eigenvalue weighted by atomic mass is 10.0. The molecule has 0 atom stereocenters. The van der Waals surface area contributed by atoms with Crippen LogP contribution in [-0.2, 0) is 16.0 Å². The average molecular weight is 240 g/mol. The predicted octanol–water partition coefficient (Wildman–Crippen LogP) is 2.42. The van der Waals surface area contributed by atoms with Crippen LogP contribution in [0.4, 0.5) is 0 Å². The summed E-state index contributed by atoms with van der Waals surface area (Å²) < 4.78 is 4.56. The topological polar surface area (TPSA) is 65.9 Å². The number of benzene rings is 1. The standard InChI is InChI=1S/C14H12N2O2/c1-18-13(17)6-5-10-3-2-4-12-14(10)11(7-8-15)9-16-12/h2-6,9,16H,7H2,1H3/b6-5+. The summed E-state index contributed by atoms with van der Waals surface area (Å²) in [6.07, 6.45) is 5.23. The van der Waals surface area contributed by atoms with Crippen molar-refractivity contribution < 1.29 is 9.53 Å². The lowest BCUT2D eigenvalue weighted by molar-refractivity contribution is -0.134. The minimum absolute atomic E-state index is 0.336. The van der Waals surface area contributed by atoms with Gasteiger partial charge in [0, 0.05) is 23.2 Å². The van der Waals surface area contributed by atoms with Crippen molar-refractivity contribution in [3.63, 3.8) is 0 Å². The highest BCUT2D eigenvalue weighted by Gasteiger charge is 2.06. The molecule has 4 nitrogen and oxygen atoms in total. The highest BCUT2D eigenvalue weighted by atomic mass is 16.5. The van der Waals surface area contributed by atoms with Gasteiger partial charge in [-0.05, 0) is 23.3 Å². The van der Waals surface area contributed by atoms with Gasteiger partial charge in [0.15, 0.2) is 0 Å². The molecule has 0 aliphatic carbocycles. The van der Waals surface area contributed by atoms with Crippen LogP contribution >= 0.6 is 0 Å². The molecule has 1 heterocycles. The third-order valence-corrected chi connectivity index (χ3v) is 2.69. The van der Waals surface area contributed by atoms with Crippen molar-refractivity contribution in [2.24, 2.45) is 0 Å². The van der Waals surface area contributed by atoms with Crippen molar-refractivity contribution in [2.75, 3.05) is 7.11 Å². The number of fused-ring (bicyclic) bond motifs is 1. The van der Waals surface area contributed by atoms with E-state index in [4.69, 9.17) is 5.26 Å². The van der Waals surface area contributed by atoms with Crippen LogP contribution in [0.5, 0.6) is 0 Å². The first-order chi connectivity index (χ1) is 8.76. The van der Waals surface area contributed by atoms with E-state index in [-0.39, 0.29) is 0 Å². The SMILES string of the molecule is COC(=O)/C=C/c1cccc2[nH]cc(CC#N)c12. The second-order valence-corrected chi connectivity index (χ2v) is 3.78. The van der Waals surface area contributed by atoms with E-state index in [0.29, 0.717) is 6.42 Å². The van der Waals surface area contributed by atoms with Gasteiger partial charge in [-0.3, -0.25) is 0 Å². The van der Waals surface area contributed by atoms with E-state index < -0.39 is 5.97 Å². The molecule has 0 spiro atoms. The highest BCUT2D eigenvalue weighted by molar-refractivity contribution is 5.95. The number of hydrogen-bond donors (Lipinski definition) is 1. The zero-order chi connectivity index (χ0) is 13.0. The summed E-state index contributed by atoms with van der Waals surface area (Å²) in [5.41, 5.74) is 2.77. The molecule has 0 saturated carbocycles. The molecular weight excluding hydrogens is 228 g/mol. The van der Waals surface area contributed by atoms with Gasteiger partial charge >= 0.3 is 5.97 Å². The molecule has 0 unspecified atom stereocenters. The minimum atomic E-state index is -0.399. The van der Waals surface area contributed by atoms with Crippen molar-refractivity contribution >= 4 is 22.9 Å².